The zero-order valence-electron chi connectivity index (χ0n) is 20.1. The third-order valence-electron chi connectivity index (χ3n) is 5.32. The maximum absolute atomic E-state index is 12.7. The van der Waals surface area contributed by atoms with E-state index in [4.69, 9.17) is 16.6 Å². The van der Waals surface area contributed by atoms with E-state index >= 15 is 0 Å². The molecule has 0 bridgehead atoms. The normalized spacial score (nSPS) is 14.1. The summed E-state index contributed by atoms with van der Waals surface area (Å²) in [5.41, 5.74) is 12.0. The number of unbranched alkanes of at least 4 members (excludes halogenated alkanes) is 1. The molecule has 1 aromatic carbocycles. The lowest BCUT2D eigenvalue weighted by atomic mass is 10.1. The number of hydrogen-bond donors (Lipinski definition) is 8. The van der Waals surface area contributed by atoms with E-state index in [-0.39, 0.29) is 25.0 Å². The van der Waals surface area contributed by atoms with Crippen molar-refractivity contribution in [2.45, 2.75) is 69.6 Å². The molecule has 0 saturated carbocycles. The van der Waals surface area contributed by atoms with Gasteiger partial charge in [0, 0.05) is 6.42 Å². The molecule has 4 atom stereocenters. The molecule has 0 aromatic heterocycles. The van der Waals surface area contributed by atoms with Crippen LogP contribution in [-0.4, -0.2) is 75.7 Å². The molecule has 0 heterocycles. The van der Waals surface area contributed by atoms with E-state index in [0.717, 1.165) is 0 Å². The van der Waals surface area contributed by atoms with E-state index in [1.165, 1.54) is 19.1 Å². The molecule has 3 amide bonds. The molecule has 1 aromatic rings. The summed E-state index contributed by atoms with van der Waals surface area (Å²) in [5, 5.41) is 34.8. The minimum atomic E-state index is -1.34. The van der Waals surface area contributed by atoms with Crippen LogP contribution in [0.5, 0.6) is 5.75 Å². The Kier molecular flexibility index (Phi) is 12.9. The van der Waals surface area contributed by atoms with Crippen molar-refractivity contribution in [2.24, 2.45) is 11.5 Å². The van der Waals surface area contributed by atoms with Crippen LogP contribution >= 0.6 is 0 Å². The number of nitrogens with one attached hydrogen (secondary N) is 3. The molecule has 36 heavy (non-hydrogen) atoms. The Bertz CT molecular complexity index is 908. The van der Waals surface area contributed by atoms with Crippen LogP contribution in [0.25, 0.3) is 0 Å². The summed E-state index contributed by atoms with van der Waals surface area (Å²) in [6.07, 6.45) is 0.525. The van der Waals surface area contributed by atoms with E-state index in [1.807, 2.05) is 0 Å². The third-order valence-corrected chi connectivity index (χ3v) is 5.32. The van der Waals surface area contributed by atoms with Crippen molar-refractivity contribution in [1.29, 1.82) is 0 Å². The summed E-state index contributed by atoms with van der Waals surface area (Å²) in [7, 11) is 0. The molecular weight excluding hydrogens is 474 g/mol. The molecule has 1 rings (SSSR count). The number of carboxylic acid groups (broad SMARTS) is 2. The number of aromatic hydroxyl groups is 1. The van der Waals surface area contributed by atoms with Gasteiger partial charge in [0.05, 0.1) is 6.04 Å². The highest BCUT2D eigenvalue weighted by Gasteiger charge is 2.29. The van der Waals surface area contributed by atoms with Crippen molar-refractivity contribution in [3.8, 4) is 5.75 Å². The van der Waals surface area contributed by atoms with Gasteiger partial charge in [-0.25, -0.2) is 4.79 Å². The van der Waals surface area contributed by atoms with E-state index < -0.39 is 60.2 Å². The second kappa shape index (κ2) is 15.3. The van der Waals surface area contributed by atoms with Crippen molar-refractivity contribution in [3.63, 3.8) is 0 Å². The summed E-state index contributed by atoms with van der Waals surface area (Å²) in [4.78, 5) is 60.2. The number of benzene rings is 1. The summed E-state index contributed by atoms with van der Waals surface area (Å²) in [6, 6.07) is 1.41. The van der Waals surface area contributed by atoms with Crippen LogP contribution in [0.3, 0.4) is 0 Å². The molecule has 0 radical (unpaired) electrons. The summed E-state index contributed by atoms with van der Waals surface area (Å²) in [6.45, 7) is 1.72. The first-order valence-corrected chi connectivity index (χ1v) is 11.5. The standard InChI is InChI=1S/C23H35N5O8/c1-13(26-21(33)16(25)12-14-5-7-15(29)8-6-14)20(32)27-17(9-10-19(30)31)22(34)28-18(23(35)36)4-2-3-11-24/h5-8,13,16-18,29H,2-4,9-12,24-25H2,1H3,(H,26,33)(H,27,32)(H,28,34)(H,30,31)(H,35,36). The molecule has 4 unspecified atom stereocenters. The van der Waals surface area contributed by atoms with Gasteiger partial charge in [-0.05, 0) is 63.3 Å². The number of carbonyl (C=O) groups excluding carboxylic acids is 3. The van der Waals surface area contributed by atoms with Gasteiger partial charge in [0.1, 0.15) is 23.9 Å². The topological polar surface area (TPSA) is 234 Å². The summed E-state index contributed by atoms with van der Waals surface area (Å²) < 4.78 is 0. The van der Waals surface area contributed by atoms with Gasteiger partial charge in [0.15, 0.2) is 0 Å². The fraction of sp³-hybridized carbons (Fsp3) is 0.522. The number of carbonyl (C=O) groups is 5. The molecule has 0 aliphatic carbocycles. The average molecular weight is 510 g/mol. The van der Waals surface area contributed by atoms with Crippen molar-refractivity contribution < 1.29 is 39.3 Å². The molecule has 0 spiro atoms. The number of amides is 3. The monoisotopic (exact) mass is 509 g/mol. The largest absolute Gasteiger partial charge is 0.508 e. The number of phenols is 1. The molecular formula is C23H35N5O8. The zero-order chi connectivity index (χ0) is 27.3. The Labute approximate surface area is 208 Å². The van der Waals surface area contributed by atoms with Gasteiger partial charge in [-0.1, -0.05) is 12.1 Å². The van der Waals surface area contributed by atoms with Crippen LogP contribution in [0.1, 0.15) is 44.6 Å². The van der Waals surface area contributed by atoms with Crippen LogP contribution in [-0.2, 0) is 30.4 Å². The maximum Gasteiger partial charge on any atom is 0.326 e. The molecule has 0 aliphatic heterocycles. The number of phenolic OH excluding ortho intramolecular Hbond substituents is 1. The van der Waals surface area contributed by atoms with Crippen molar-refractivity contribution in [1.82, 2.24) is 16.0 Å². The van der Waals surface area contributed by atoms with Crippen molar-refractivity contribution >= 4 is 29.7 Å². The smallest absolute Gasteiger partial charge is 0.326 e. The van der Waals surface area contributed by atoms with E-state index in [9.17, 15) is 34.2 Å². The average Bonchev–Trinajstić information content (AvgIpc) is 2.81. The van der Waals surface area contributed by atoms with Gasteiger partial charge in [0.2, 0.25) is 17.7 Å². The Morgan fingerprint density at radius 3 is 2.03 bits per heavy atom. The van der Waals surface area contributed by atoms with E-state index in [1.54, 1.807) is 12.1 Å². The Morgan fingerprint density at radius 2 is 1.47 bits per heavy atom. The van der Waals surface area contributed by atoms with Crippen molar-refractivity contribution in [2.75, 3.05) is 6.54 Å². The predicted octanol–water partition coefficient (Wildman–Crippen LogP) is -1.19. The lowest BCUT2D eigenvalue weighted by Gasteiger charge is -2.23. The SMILES string of the molecule is CC(NC(=O)C(N)Cc1ccc(O)cc1)C(=O)NC(CCC(=O)O)C(=O)NC(CCCCN)C(=O)O. The molecule has 0 fully saturated rings. The molecule has 0 saturated heterocycles. The van der Waals surface area contributed by atoms with Gasteiger partial charge in [-0.2, -0.15) is 0 Å². The van der Waals surface area contributed by atoms with Crippen molar-refractivity contribution in [3.05, 3.63) is 29.8 Å². The first kappa shape index (κ1) is 30.3. The number of carboxylic acids is 2. The quantitative estimate of drug-likeness (QED) is 0.124. The molecule has 10 N–H and O–H groups in total. The van der Waals surface area contributed by atoms with Gasteiger partial charge in [-0.15, -0.1) is 0 Å². The number of aliphatic carboxylic acids is 2. The third kappa shape index (κ3) is 11.1. The van der Waals surface area contributed by atoms with Crippen LogP contribution in [0, 0.1) is 0 Å². The molecule has 0 aliphatic rings. The van der Waals surface area contributed by atoms with Crippen LogP contribution in [0.4, 0.5) is 0 Å². The maximum atomic E-state index is 12.7. The fourth-order valence-corrected chi connectivity index (χ4v) is 3.22. The van der Waals surface area contributed by atoms with Crippen LogP contribution in [0.2, 0.25) is 0 Å². The Balaban J connectivity index is 2.76. The molecule has 200 valence electrons. The number of hydrogen-bond acceptors (Lipinski definition) is 8. The van der Waals surface area contributed by atoms with E-state index in [2.05, 4.69) is 16.0 Å². The predicted molar refractivity (Wildman–Crippen MR) is 129 cm³/mol. The Morgan fingerprint density at radius 1 is 0.861 bits per heavy atom. The first-order valence-electron chi connectivity index (χ1n) is 11.5. The summed E-state index contributed by atoms with van der Waals surface area (Å²) in [5.74, 6) is -4.68. The van der Waals surface area contributed by atoms with E-state index in [0.29, 0.717) is 24.9 Å². The van der Waals surface area contributed by atoms with Gasteiger partial charge < -0.3 is 42.7 Å². The zero-order valence-corrected chi connectivity index (χ0v) is 20.1. The molecule has 13 nitrogen and oxygen atoms in total. The number of rotatable bonds is 16. The van der Waals surface area contributed by atoms with Crippen LogP contribution < -0.4 is 27.4 Å². The highest BCUT2D eigenvalue weighted by atomic mass is 16.4. The first-order chi connectivity index (χ1) is 16.9. The lowest BCUT2D eigenvalue weighted by molar-refractivity contribution is -0.143. The van der Waals surface area contributed by atoms with Gasteiger partial charge in [-0.3, -0.25) is 19.2 Å². The molecule has 13 heteroatoms. The van der Waals surface area contributed by atoms with Gasteiger partial charge in [0.25, 0.3) is 0 Å². The lowest BCUT2D eigenvalue weighted by Crippen LogP contribution is -2.56. The van der Waals surface area contributed by atoms with Gasteiger partial charge >= 0.3 is 11.9 Å². The minimum Gasteiger partial charge on any atom is -0.508 e. The minimum absolute atomic E-state index is 0.0637. The summed E-state index contributed by atoms with van der Waals surface area (Å²) >= 11 is 0. The highest BCUT2D eigenvalue weighted by molar-refractivity contribution is 5.94. The number of nitrogens with two attached hydrogens (primary N) is 2. The second-order valence-corrected chi connectivity index (χ2v) is 8.38. The second-order valence-electron chi connectivity index (χ2n) is 8.38. The fourth-order valence-electron chi connectivity index (χ4n) is 3.22. The highest BCUT2D eigenvalue weighted by Crippen LogP contribution is 2.11. The Hall–Kier alpha value is -3.71. The van der Waals surface area contributed by atoms with Crippen LogP contribution in [0.15, 0.2) is 24.3 Å².